The molecule has 10 nitrogen and oxygen atoms in total. The van der Waals surface area contributed by atoms with E-state index < -0.39 is 17.7 Å². The number of benzene rings is 1. The summed E-state index contributed by atoms with van der Waals surface area (Å²) < 4.78 is 12.5. The van der Waals surface area contributed by atoms with Crippen molar-refractivity contribution in [2.45, 2.75) is 19.9 Å². The molecule has 1 amide bonds. The third-order valence-electron chi connectivity index (χ3n) is 5.82. The van der Waals surface area contributed by atoms with Gasteiger partial charge in [-0.1, -0.05) is 23.5 Å². The second kappa shape index (κ2) is 8.51. The maximum atomic E-state index is 13.4. The lowest BCUT2D eigenvalue weighted by Crippen LogP contribution is -2.29. The van der Waals surface area contributed by atoms with Crippen LogP contribution in [0.25, 0.3) is 11.4 Å². The molecule has 0 aliphatic carbocycles. The van der Waals surface area contributed by atoms with Gasteiger partial charge >= 0.3 is 5.91 Å². The third-order valence-corrected chi connectivity index (χ3v) is 6.66. The van der Waals surface area contributed by atoms with Gasteiger partial charge in [-0.3, -0.25) is 18.9 Å². The van der Waals surface area contributed by atoms with Crippen molar-refractivity contribution in [2.24, 2.45) is 0 Å². The Bertz CT molecular complexity index is 1520. The number of imidazole rings is 1. The summed E-state index contributed by atoms with van der Waals surface area (Å²) >= 11 is 1.18. The molecule has 1 N–H and O–H groups in total. The Balaban J connectivity index is 1.79. The van der Waals surface area contributed by atoms with Crippen LogP contribution in [0.1, 0.15) is 28.0 Å². The standard InChI is InChI=1S/C24H21N5O5S/c1-12-19(28-10-6-5-7-17(28)25-12)21(30)18-20(14-8-9-15(33-3)16(11-14)34-4)29(23(32)22(18)31)24-27-26-13(2)35-24/h5-11,20,30H,1-4H3/b21-18+. The van der Waals surface area contributed by atoms with Crippen LogP contribution in [0.4, 0.5) is 5.13 Å². The lowest BCUT2D eigenvalue weighted by Gasteiger charge is -2.23. The number of hydrogen-bond acceptors (Lipinski definition) is 9. The fourth-order valence-electron chi connectivity index (χ4n) is 4.28. The number of methoxy groups -OCH3 is 2. The number of aromatic nitrogens is 4. The van der Waals surface area contributed by atoms with E-state index in [1.165, 1.54) is 30.5 Å². The van der Waals surface area contributed by atoms with Crippen molar-refractivity contribution in [3.8, 4) is 11.5 Å². The normalized spacial score (nSPS) is 17.4. The number of carbonyl (C=O) groups excluding carboxylic acids is 2. The number of pyridine rings is 1. The van der Waals surface area contributed by atoms with E-state index in [0.29, 0.717) is 39.1 Å². The molecule has 178 valence electrons. The van der Waals surface area contributed by atoms with Gasteiger partial charge in [-0.05, 0) is 43.7 Å². The van der Waals surface area contributed by atoms with Gasteiger partial charge in [-0.25, -0.2) is 4.98 Å². The smallest absolute Gasteiger partial charge is 0.301 e. The first-order valence-corrected chi connectivity index (χ1v) is 11.4. The van der Waals surface area contributed by atoms with Gasteiger partial charge in [0.1, 0.15) is 16.3 Å². The molecule has 11 heteroatoms. The van der Waals surface area contributed by atoms with E-state index in [2.05, 4.69) is 15.2 Å². The molecule has 1 fully saturated rings. The average molecular weight is 492 g/mol. The molecule has 1 aliphatic heterocycles. The Kier molecular flexibility index (Phi) is 5.48. The molecule has 0 radical (unpaired) electrons. The van der Waals surface area contributed by atoms with Crippen LogP contribution in [0.15, 0.2) is 48.2 Å². The van der Waals surface area contributed by atoms with Crippen LogP contribution in [-0.4, -0.2) is 50.6 Å². The van der Waals surface area contributed by atoms with E-state index in [-0.39, 0.29) is 16.5 Å². The minimum atomic E-state index is -0.976. The van der Waals surface area contributed by atoms with E-state index in [1.54, 1.807) is 54.8 Å². The van der Waals surface area contributed by atoms with Gasteiger partial charge in [0.15, 0.2) is 17.3 Å². The Morgan fingerprint density at radius 2 is 1.83 bits per heavy atom. The van der Waals surface area contributed by atoms with E-state index >= 15 is 0 Å². The number of hydrogen-bond donors (Lipinski definition) is 1. The number of carbonyl (C=O) groups is 2. The molecule has 5 rings (SSSR count). The number of rotatable bonds is 5. The Hall–Kier alpha value is -4.25. The molecular formula is C24H21N5O5S. The zero-order chi connectivity index (χ0) is 24.9. The molecule has 3 aromatic heterocycles. The minimum absolute atomic E-state index is 0.0798. The number of aryl methyl sites for hydroxylation is 2. The lowest BCUT2D eigenvalue weighted by molar-refractivity contribution is -0.132. The number of amides is 1. The van der Waals surface area contributed by atoms with Crippen molar-refractivity contribution >= 4 is 39.6 Å². The van der Waals surface area contributed by atoms with Crippen LogP contribution >= 0.6 is 11.3 Å². The van der Waals surface area contributed by atoms with Gasteiger partial charge < -0.3 is 14.6 Å². The van der Waals surface area contributed by atoms with Gasteiger partial charge in [0, 0.05) is 6.20 Å². The molecule has 1 aromatic carbocycles. The predicted octanol–water partition coefficient (Wildman–Crippen LogP) is 3.45. The van der Waals surface area contributed by atoms with Crippen LogP contribution in [0, 0.1) is 13.8 Å². The van der Waals surface area contributed by atoms with E-state index in [4.69, 9.17) is 9.47 Å². The fraction of sp³-hybridized carbons (Fsp3) is 0.208. The number of ketones is 1. The van der Waals surface area contributed by atoms with Crippen molar-refractivity contribution in [3.63, 3.8) is 0 Å². The van der Waals surface area contributed by atoms with Crippen LogP contribution in [0.5, 0.6) is 11.5 Å². The largest absolute Gasteiger partial charge is 0.505 e. The first-order chi connectivity index (χ1) is 16.8. The third kappa shape index (κ3) is 3.51. The predicted molar refractivity (Wildman–Crippen MR) is 129 cm³/mol. The summed E-state index contributed by atoms with van der Waals surface area (Å²) in [6, 6.07) is 9.50. The maximum Gasteiger partial charge on any atom is 0.301 e. The number of aliphatic hydroxyl groups excluding tert-OH is 1. The molecule has 4 heterocycles. The van der Waals surface area contributed by atoms with Gasteiger partial charge in [0.25, 0.3) is 5.78 Å². The van der Waals surface area contributed by atoms with Crippen molar-refractivity contribution in [1.29, 1.82) is 0 Å². The lowest BCUT2D eigenvalue weighted by atomic mass is 9.96. The summed E-state index contributed by atoms with van der Waals surface area (Å²) in [6.07, 6.45) is 1.74. The van der Waals surface area contributed by atoms with Crippen LogP contribution < -0.4 is 14.4 Å². The quantitative estimate of drug-likeness (QED) is 0.256. The minimum Gasteiger partial charge on any atom is -0.505 e. The van der Waals surface area contributed by atoms with Crippen molar-refractivity contribution in [2.75, 3.05) is 19.1 Å². The number of anilines is 1. The molecule has 1 aliphatic rings. The molecule has 1 unspecified atom stereocenters. The molecule has 0 spiro atoms. The number of aliphatic hydroxyl groups is 1. The number of Topliss-reactive ketones (excluding diaryl/α,β-unsaturated/α-hetero) is 1. The van der Waals surface area contributed by atoms with Crippen molar-refractivity contribution in [1.82, 2.24) is 19.6 Å². The second-order valence-corrected chi connectivity index (χ2v) is 9.02. The molecular weight excluding hydrogens is 470 g/mol. The summed E-state index contributed by atoms with van der Waals surface area (Å²) in [6.45, 7) is 3.49. The topological polar surface area (TPSA) is 119 Å². The van der Waals surface area contributed by atoms with Gasteiger partial charge in [0.05, 0.1) is 31.5 Å². The fourth-order valence-corrected chi connectivity index (χ4v) is 4.99. The summed E-state index contributed by atoms with van der Waals surface area (Å²) in [5.41, 5.74) is 1.89. The molecule has 1 atom stereocenters. The summed E-state index contributed by atoms with van der Waals surface area (Å²) in [7, 11) is 3.01. The van der Waals surface area contributed by atoms with Gasteiger partial charge in [-0.15, -0.1) is 10.2 Å². The van der Waals surface area contributed by atoms with Crippen LogP contribution in [0.2, 0.25) is 0 Å². The Morgan fingerprint density at radius 1 is 1.06 bits per heavy atom. The molecule has 0 saturated carbocycles. The van der Waals surface area contributed by atoms with Crippen LogP contribution in [0.3, 0.4) is 0 Å². The van der Waals surface area contributed by atoms with E-state index in [0.717, 1.165) is 0 Å². The zero-order valence-electron chi connectivity index (χ0n) is 19.3. The SMILES string of the molecule is COc1ccc(C2/C(=C(\O)c3c(C)nc4ccccn34)C(=O)C(=O)N2c2nnc(C)s2)cc1OC. The highest BCUT2D eigenvalue weighted by Crippen LogP contribution is 2.45. The Labute approximate surface area is 204 Å². The van der Waals surface area contributed by atoms with Gasteiger partial charge in [0.2, 0.25) is 5.13 Å². The number of fused-ring (bicyclic) bond motifs is 1. The number of ether oxygens (including phenoxy) is 2. The Morgan fingerprint density at radius 3 is 2.51 bits per heavy atom. The van der Waals surface area contributed by atoms with Crippen LogP contribution in [-0.2, 0) is 9.59 Å². The highest BCUT2D eigenvalue weighted by atomic mass is 32.1. The second-order valence-electron chi connectivity index (χ2n) is 7.86. The monoisotopic (exact) mass is 491 g/mol. The van der Waals surface area contributed by atoms with E-state index in [9.17, 15) is 14.7 Å². The maximum absolute atomic E-state index is 13.4. The average Bonchev–Trinajstić information content (AvgIpc) is 3.51. The van der Waals surface area contributed by atoms with Crippen molar-refractivity contribution in [3.05, 3.63) is 70.1 Å². The first kappa shape index (κ1) is 22.5. The molecule has 35 heavy (non-hydrogen) atoms. The molecule has 4 aromatic rings. The van der Waals surface area contributed by atoms with Crippen molar-refractivity contribution < 1.29 is 24.2 Å². The summed E-state index contributed by atoms with van der Waals surface area (Å²) in [5, 5.41) is 20.5. The molecule has 0 bridgehead atoms. The van der Waals surface area contributed by atoms with Gasteiger partial charge in [-0.2, -0.15) is 0 Å². The first-order valence-electron chi connectivity index (χ1n) is 10.6. The van der Waals surface area contributed by atoms with E-state index in [1.807, 2.05) is 6.07 Å². The molecule has 1 saturated heterocycles. The highest BCUT2D eigenvalue weighted by Gasteiger charge is 2.49. The number of nitrogens with zero attached hydrogens (tertiary/aromatic N) is 5. The summed E-state index contributed by atoms with van der Waals surface area (Å²) in [5.74, 6) is -1.08. The highest BCUT2D eigenvalue weighted by molar-refractivity contribution is 7.15. The zero-order valence-corrected chi connectivity index (χ0v) is 20.2. The summed E-state index contributed by atoms with van der Waals surface area (Å²) in [4.78, 5) is 32.4.